The Balaban J connectivity index is 0.000000218. The fraction of sp³-hybridized carbons (Fsp3) is 0.407. The highest BCUT2D eigenvalue weighted by Gasteiger charge is 2.43. The molecule has 0 aliphatic carbocycles. The van der Waals surface area contributed by atoms with Gasteiger partial charge in [-0.25, -0.2) is 29.2 Å². The van der Waals surface area contributed by atoms with Crippen LogP contribution in [0, 0.1) is 29.7 Å². The predicted molar refractivity (Wildman–Crippen MR) is 305 cm³/mol. The average molecular weight is 1170 g/mol. The summed E-state index contributed by atoms with van der Waals surface area (Å²) in [6.07, 6.45) is 4.93. The van der Waals surface area contributed by atoms with Gasteiger partial charge in [0.05, 0.1) is 11.1 Å². The van der Waals surface area contributed by atoms with E-state index in [4.69, 9.17) is 4.74 Å². The number of pyridine rings is 4. The van der Waals surface area contributed by atoms with Crippen molar-refractivity contribution in [2.45, 2.75) is 127 Å². The van der Waals surface area contributed by atoms with Crippen molar-refractivity contribution in [3.63, 3.8) is 0 Å². The van der Waals surface area contributed by atoms with Crippen molar-refractivity contribution in [3.05, 3.63) is 160 Å². The van der Waals surface area contributed by atoms with Gasteiger partial charge in [-0.3, -0.25) is 9.59 Å². The number of carbonyl (C=O) groups excluding carboxylic acids is 3. The Kier molecular flexibility index (Phi) is 18.3. The fourth-order valence-corrected chi connectivity index (χ4v) is 12.5. The molecular weight excluding hydrogens is 1100 g/mol. The molecule has 2 fully saturated rings. The first-order chi connectivity index (χ1) is 38.7. The molecule has 2 aromatic carbocycles. The smallest absolute Gasteiger partial charge is 0.410 e. The van der Waals surface area contributed by atoms with Gasteiger partial charge in [-0.15, -0.1) is 0 Å². The van der Waals surface area contributed by atoms with Crippen molar-refractivity contribution in [3.8, 4) is 0 Å². The maximum absolute atomic E-state index is 15.4. The quantitative estimate of drug-likeness (QED) is 0.0659. The molecule has 2 saturated heterocycles. The fourth-order valence-electron chi connectivity index (χ4n) is 10.6. The number of ether oxygens (including phenoxy) is 1. The maximum atomic E-state index is 15.4. The van der Waals surface area contributed by atoms with Crippen LogP contribution >= 0.6 is 0 Å². The molecule has 6 aromatic rings. The first-order valence-corrected chi connectivity index (χ1v) is 30.1. The number of nitrogens with one attached hydrogen (secondary N) is 4. The molecule has 0 spiro atoms. The lowest BCUT2D eigenvalue weighted by atomic mass is 9.93. The minimum atomic E-state index is -4.50. The van der Waals surface area contributed by atoms with Crippen LogP contribution in [-0.4, -0.2) is 102 Å². The monoisotopic (exact) mass is 1170 g/mol. The molecule has 82 heavy (non-hydrogen) atoms. The van der Waals surface area contributed by atoms with Crippen LogP contribution in [0.1, 0.15) is 130 Å². The number of halogens is 3. The largest absolute Gasteiger partial charge is 0.444 e. The Labute approximate surface area is 477 Å². The van der Waals surface area contributed by atoms with Crippen molar-refractivity contribution in [2.75, 3.05) is 41.7 Å². The first-order valence-electron chi connectivity index (χ1n) is 27.1. The molecule has 23 heteroatoms. The van der Waals surface area contributed by atoms with Gasteiger partial charge in [-0.2, -0.15) is 35.0 Å². The van der Waals surface area contributed by atoms with E-state index < -0.39 is 71.4 Å². The average Bonchev–Trinajstić information content (AvgIpc) is 3.35. The van der Waals surface area contributed by atoms with Gasteiger partial charge in [0.25, 0.3) is 31.9 Å². The number of aromatic nitrogens is 4. The maximum Gasteiger partial charge on any atom is 0.410 e. The SMILES string of the molecule is CC(C)(C)OC(=O)N1C[C@@H](CCCNc2cccc(S(=O)(=O)NC(=O)c3cc(Cc4ccccc4)c(F)nc3F)n2)CC1(C)C.CC1(C)C[C@@H]2CCCNc3cccc(n3)S(=O)(=O)NC(=O)c3cc(Cc4ccccc4)c(F)nc3N1C2. The lowest BCUT2D eigenvalue weighted by molar-refractivity contribution is 0.0130. The molecule has 18 nitrogen and oxygen atoms in total. The summed E-state index contributed by atoms with van der Waals surface area (Å²) in [5.41, 5.74) is -0.278. The summed E-state index contributed by atoms with van der Waals surface area (Å²) in [4.78, 5) is 58.5. The standard InChI is InChI=1S/C32H39F2N5O5S.C27H30FN5O3S/c1-31(2,3)44-30(41)39-20-22(19-32(39,4)5)13-10-16-35-25-14-9-15-26(36-25)45(42,43)38-29(40)24-18-23(27(33)37-28(24)34)17-21-11-7-6-8-12-21;1-27(2)16-19-10-7-13-29-22-11-6-12-23(30-22)37(35,36)32-26(34)21-15-20(14-18-8-4-3-5-9-18)24(28)31-25(21)33(27)17-19/h6-9,11-12,14-15,18,22H,10,13,16-17,19-20H2,1-5H3,(H,35,36)(H,38,40);3-6,8-9,11-12,15,19H,7,10,13-14,16-17H2,1-2H3,(H,29,30)(H,32,34)/t22-;19-/m00/s1. The van der Waals surface area contributed by atoms with Gasteiger partial charge in [0.2, 0.25) is 17.8 Å². The number of anilines is 3. The van der Waals surface area contributed by atoms with Gasteiger partial charge in [0, 0.05) is 61.2 Å². The molecule has 436 valence electrons. The third kappa shape index (κ3) is 15.3. The van der Waals surface area contributed by atoms with E-state index in [9.17, 15) is 40.0 Å². The van der Waals surface area contributed by atoms with Crippen LogP contribution in [0.5, 0.6) is 0 Å². The molecular formula is C59H69F3N10O8S2. The Morgan fingerprint density at radius 3 is 2.10 bits per heavy atom. The summed E-state index contributed by atoms with van der Waals surface area (Å²) >= 11 is 0. The van der Waals surface area contributed by atoms with Crippen LogP contribution in [0.2, 0.25) is 0 Å². The van der Waals surface area contributed by atoms with E-state index in [1.54, 1.807) is 58.2 Å². The van der Waals surface area contributed by atoms with E-state index in [1.165, 1.54) is 24.3 Å². The second-order valence-corrected chi connectivity index (χ2v) is 26.4. The van der Waals surface area contributed by atoms with E-state index in [0.717, 1.165) is 50.2 Å². The third-order valence-electron chi connectivity index (χ3n) is 14.4. The number of benzene rings is 2. The number of amides is 3. The summed E-state index contributed by atoms with van der Waals surface area (Å²) in [5, 5.41) is 5.54. The van der Waals surface area contributed by atoms with Gasteiger partial charge >= 0.3 is 6.09 Å². The zero-order chi connectivity index (χ0) is 59.2. The number of nitrogens with zero attached hydrogens (tertiary/aromatic N) is 6. The molecule has 0 radical (unpaired) electrons. The van der Waals surface area contributed by atoms with Crippen molar-refractivity contribution in [1.82, 2.24) is 34.3 Å². The van der Waals surface area contributed by atoms with Gasteiger partial charge in [0.15, 0.2) is 10.1 Å². The summed E-state index contributed by atoms with van der Waals surface area (Å²) < 4.78 is 106. The zero-order valence-corrected chi connectivity index (χ0v) is 48.6. The molecule has 4 N–H and O–H groups in total. The molecule has 3 aliphatic rings. The van der Waals surface area contributed by atoms with Crippen LogP contribution in [0.4, 0.5) is 35.4 Å². The summed E-state index contributed by atoms with van der Waals surface area (Å²) in [6.45, 7) is 15.9. The zero-order valence-electron chi connectivity index (χ0n) is 46.9. The lowest BCUT2D eigenvalue weighted by Gasteiger charge is -2.34. The van der Waals surface area contributed by atoms with Crippen molar-refractivity contribution in [1.29, 1.82) is 0 Å². The van der Waals surface area contributed by atoms with E-state index in [2.05, 4.69) is 35.3 Å². The highest BCUT2D eigenvalue weighted by atomic mass is 32.2. The second kappa shape index (κ2) is 24.8. The molecule has 7 heterocycles. The number of hydrogen-bond donors (Lipinski definition) is 4. The highest BCUT2D eigenvalue weighted by molar-refractivity contribution is 7.90. The highest BCUT2D eigenvalue weighted by Crippen LogP contribution is 2.40. The third-order valence-corrected chi connectivity index (χ3v) is 16.9. The number of hydrogen-bond acceptors (Lipinski definition) is 15. The molecule has 3 amide bonds. The van der Waals surface area contributed by atoms with Crippen LogP contribution in [0.25, 0.3) is 0 Å². The topological polar surface area (TPSA) is 235 Å². The first kappa shape index (κ1) is 60.4. The number of carbonyl (C=O) groups is 3. The normalized spacial score (nSPS) is 18.3. The van der Waals surface area contributed by atoms with Crippen LogP contribution in [0.15, 0.2) is 119 Å². The van der Waals surface area contributed by atoms with E-state index in [-0.39, 0.29) is 63.7 Å². The Morgan fingerprint density at radius 1 is 0.780 bits per heavy atom. The molecule has 0 unspecified atom stereocenters. The van der Waals surface area contributed by atoms with Crippen LogP contribution in [-0.2, 0) is 37.6 Å². The van der Waals surface area contributed by atoms with Crippen LogP contribution in [0.3, 0.4) is 0 Å². The Bertz CT molecular complexity index is 3540. The predicted octanol–water partition coefficient (Wildman–Crippen LogP) is 9.83. The molecule has 4 aromatic heterocycles. The van der Waals surface area contributed by atoms with Crippen molar-refractivity contribution >= 4 is 55.4 Å². The van der Waals surface area contributed by atoms with E-state index in [0.29, 0.717) is 43.5 Å². The number of fused-ring (bicyclic) bond motifs is 6. The number of rotatable bonds is 12. The lowest BCUT2D eigenvalue weighted by Crippen LogP contribution is -2.45. The Hall–Kier alpha value is -7.66. The van der Waals surface area contributed by atoms with Gasteiger partial charge in [-0.05, 0) is 146 Å². The molecule has 4 bridgehead atoms. The van der Waals surface area contributed by atoms with E-state index >= 15 is 4.39 Å². The number of likely N-dealkylation sites (tertiary alicyclic amines) is 1. The minimum Gasteiger partial charge on any atom is -0.444 e. The summed E-state index contributed by atoms with van der Waals surface area (Å²) in [6, 6.07) is 29.3. The number of sulfonamides is 2. The van der Waals surface area contributed by atoms with Crippen molar-refractivity contribution < 1.29 is 49.1 Å². The minimum absolute atomic E-state index is 0.0220. The van der Waals surface area contributed by atoms with Gasteiger partial charge < -0.3 is 25.2 Å². The Morgan fingerprint density at radius 2 is 1.43 bits per heavy atom. The van der Waals surface area contributed by atoms with Crippen LogP contribution < -0.4 is 25.0 Å². The molecule has 0 saturated carbocycles. The summed E-state index contributed by atoms with van der Waals surface area (Å²) in [5.74, 6) is -3.92. The molecule has 3 aliphatic heterocycles. The molecule has 9 rings (SSSR count). The van der Waals surface area contributed by atoms with E-state index in [1.807, 2.05) is 83.7 Å². The van der Waals surface area contributed by atoms with Crippen molar-refractivity contribution in [2.24, 2.45) is 11.8 Å². The van der Waals surface area contributed by atoms with Gasteiger partial charge in [-0.1, -0.05) is 72.8 Å². The molecule has 2 atom stereocenters. The van der Waals surface area contributed by atoms with Gasteiger partial charge in [0.1, 0.15) is 23.1 Å². The second-order valence-electron chi connectivity index (χ2n) is 23.1. The summed E-state index contributed by atoms with van der Waals surface area (Å²) in [7, 11) is -8.79.